The second-order valence-corrected chi connectivity index (χ2v) is 6.88. The summed E-state index contributed by atoms with van der Waals surface area (Å²) >= 11 is 0. The summed E-state index contributed by atoms with van der Waals surface area (Å²) in [6.07, 6.45) is 0. The predicted octanol–water partition coefficient (Wildman–Crippen LogP) is 3.62. The molecule has 0 radical (unpaired) electrons. The van der Waals surface area contributed by atoms with E-state index >= 15 is 0 Å². The van der Waals surface area contributed by atoms with Crippen molar-refractivity contribution < 1.29 is 19.1 Å². The molecule has 0 saturated carbocycles. The van der Waals surface area contributed by atoms with Gasteiger partial charge < -0.3 is 25.0 Å². The van der Waals surface area contributed by atoms with Crippen LogP contribution in [0.2, 0.25) is 0 Å². The maximum absolute atomic E-state index is 13.2. The number of allylic oxidation sites excluding steroid dienone is 1. The molecule has 0 fully saturated rings. The van der Waals surface area contributed by atoms with Gasteiger partial charge in [-0.2, -0.15) is 0 Å². The van der Waals surface area contributed by atoms with Crippen molar-refractivity contribution in [1.29, 1.82) is 0 Å². The lowest BCUT2D eigenvalue weighted by molar-refractivity contribution is -0.113. The molecule has 3 rings (SSSR count). The van der Waals surface area contributed by atoms with Crippen LogP contribution in [0.5, 0.6) is 11.5 Å². The average Bonchev–Trinajstić information content (AvgIpc) is 2.72. The first kappa shape index (κ1) is 20.3. The Labute approximate surface area is 170 Å². The summed E-state index contributed by atoms with van der Waals surface area (Å²) in [4.78, 5) is 27.0. The van der Waals surface area contributed by atoms with Gasteiger partial charge in [-0.3, -0.25) is 4.79 Å². The molecule has 152 valence electrons. The highest BCUT2D eigenvalue weighted by atomic mass is 16.5. The van der Waals surface area contributed by atoms with Crippen LogP contribution in [0.25, 0.3) is 0 Å². The number of anilines is 1. The summed E-state index contributed by atoms with van der Waals surface area (Å²) in [5.74, 6) is 0.814. The Kier molecular flexibility index (Phi) is 5.77. The number of carbonyl (C=O) groups excluding carboxylic acids is 2. The lowest BCUT2D eigenvalue weighted by atomic mass is 9.94. The molecule has 2 N–H and O–H groups in total. The fraction of sp³-hybridized carbons (Fsp3) is 0.273. The summed E-state index contributed by atoms with van der Waals surface area (Å²) < 4.78 is 10.7. The third kappa shape index (κ3) is 4.03. The quantitative estimate of drug-likeness (QED) is 0.810. The Bertz CT molecular complexity index is 967. The molecule has 1 unspecified atom stereocenters. The largest absolute Gasteiger partial charge is 0.493 e. The number of carbonyl (C=O) groups is 2. The van der Waals surface area contributed by atoms with Gasteiger partial charge in [-0.25, -0.2) is 4.79 Å². The second-order valence-electron chi connectivity index (χ2n) is 6.88. The van der Waals surface area contributed by atoms with Gasteiger partial charge in [-0.15, -0.1) is 0 Å². The van der Waals surface area contributed by atoms with E-state index in [0.29, 0.717) is 28.5 Å². The van der Waals surface area contributed by atoms with Crippen molar-refractivity contribution in [1.82, 2.24) is 10.2 Å². The van der Waals surface area contributed by atoms with Crippen LogP contribution < -0.4 is 20.1 Å². The topological polar surface area (TPSA) is 79.9 Å². The highest BCUT2D eigenvalue weighted by molar-refractivity contribution is 6.06. The normalized spacial score (nSPS) is 16.4. The van der Waals surface area contributed by atoms with E-state index in [1.165, 1.54) is 4.90 Å². The zero-order valence-corrected chi connectivity index (χ0v) is 17.2. The molecule has 0 saturated heterocycles. The average molecular weight is 395 g/mol. The number of rotatable bonds is 5. The molecular weight excluding hydrogens is 370 g/mol. The van der Waals surface area contributed by atoms with E-state index in [0.717, 1.165) is 11.1 Å². The number of aryl methyl sites for hydroxylation is 1. The maximum atomic E-state index is 13.2. The second kappa shape index (κ2) is 8.26. The van der Waals surface area contributed by atoms with Crippen LogP contribution >= 0.6 is 0 Å². The number of amides is 3. The third-order valence-corrected chi connectivity index (χ3v) is 5.05. The number of benzene rings is 2. The van der Waals surface area contributed by atoms with E-state index in [2.05, 4.69) is 10.6 Å². The van der Waals surface area contributed by atoms with Gasteiger partial charge in [0.1, 0.15) is 0 Å². The van der Waals surface area contributed by atoms with E-state index < -0.39 is 6.04 Å². The van der Waals surface area contributed by atoms with Gasteiger partial charge in [0, 0.05) is 18.4 Å². The van der Waals surface area contributed by atoms with Crippen LogP contribution in [0.3, 0.4) is 0 Å². The third-order valence-electron chi connectivity index (χ3n) is 5.05. The number of methoxy groups -OCH3 is 2. The van der Waals surface area contributed by atoms with E-state index in [9.17, 15) is 9.59 Å². The van der Waals surface area contributed by atoms with Crippen LogP contribution in [-0.2, 0) is 4.79 Å². The van der Waals surface area contributed by atoms with Crippen molar-refractivity contribution in [3.63, 3.8) is 0 Å². The number of ether oxygens (including phenoxy) is 2. The minimum atomic E-state index is -0.621. The van der Waals surface area contributed by atoms with Crippen LogP contribution in [0.1, 0.15) is 24.1 Å². The van der Waals surface area contributed by atoms with Gasteiger partial charge in [0.25, 0.3) is 5.91 Å². The molecule has 2 aromatic rings. The van der Waals surface area contributed by atoms with Crippen LogP contribution in [0.4, 0.5) is 10.5 Å². The molecule has 0 aromatic heterocycles. The van der Waals surface area contributed by atoms with E-state index in [-0.39, 0.29) is 11.9 Å². The highest BCUT2D eigenvalue weighted by Gasteiger charge is 2.34. The zero-order chi connectivity index (χ0) is 21.1. The molecule has 1 heterocycles. The van der Waals surface area contributed by atoms with Gasteiger partial charge in [0.2, 0.25) is 0 Å². The van der Waals surface area contributed by atoms with Crippen LogP contribution in [0.15, 0.2) is 53.7 Å². The summed E-state index contributed by atoms with van der Waals surface area (Å²) in [6.45, 7) is 3.74. The Morgan fingerprint density at radius 2 is 1.69 bits per heavy atom. The highest BCUT2D eigenvalue weighted by Crippen LogP contribution is 2.35. The van der Waals surface area contributed by atoms with E-state index in [1.807, 2.05) is 37.3 Å². The summed E-state index contributed by atoms with van der Waals surface area (Å²) in [5, 5.41) is 5.82. The van der Waals surface area contributed by atoms with Gasteiger partial charge in [0.05, 0.1) is 25.8 Å². The maximum Gasteiger partial charge on any atom is 0.322 e. The lowest BCUT2D eigenvalue weighted by Gasteiger charge is -2.33. The van der Waals surface area contributed by atoms with Crippen LogP contribution in [0, 0.1) is 6.92 Å². The molecule has 0 aliphatic carbocycles. The fourth-order valence-electron chi connectivity index (χ4n) is 3.25. The molecule has 7 nitrogen and oxygen atoms in total. The minimum absolute atomic E-state index is 0.280. The first-order valence-electron chi connectivity index (χ1n) is 9.20. The monoisotopic (exact) mass is 395 g/mol. The molecule has 1 atom stereocenters. The first-order valence-corrected chi connectivity index (χ1v) is 9.20. The van der Waals surface area contributed by atoms with E-state index in [1.54, 1.807) is 40.3 Å². The Balaban J connectivity index is 2.01. The Hall–Kier alpha value is -3.48. The van der Waals surface area contributed by atoms with Crippen molar-refractivity contribution >= 4 is 17.6 Å². The molecule has 1 aliphatic heterocycles. The zero-order valence-electron chi connectivity index (χ0n) is 17.2. The first-order chi connectivity index (χ1) is 13.8. The molecule has 7 heteroatoms. The SMILES string of the molecule is COc1ccc(C2NC(=O)N(C)C(C)=C2C(=O)Nc2ccc(C)cc2)cc1OC. The summed E-state index contributed by atoms with van der Waals surface area (Å²) in [6, 6.07) is 12.0. The van der Waals surface area contributed by atoms with Crippen molar-refractivity contribution in [3.05, 3.63) is 64.9 Å². The molecule has 0 spiro atoms. The molecule has 0 bridgehead atoms. The van der Waals surface area contributed by atoms with Gasteiger partial charge >= 0.3 is 6.03 Å². The van der Waals surface area contributed by atoms with Crippen LogP contribution in [-0.4, -0.2) is 38.1 Å². The Morgan fingerprint density at radius 3 is 2.31 bits per heavy atom. The minimum Gasteiger partial charge on any atom is -0.493 e. The van der Waals surface area contributed by atoms with Crippen molar-refractivity contribution in [2.75, 3.05) is 26.6 Å². The lowest BCUT2D eigenvalue weighted by Crippen LogP contribution is -2.46. The molecular formula is C22H25N3O4. The molecule has 29 heavy (non-hydrogen) atoms. The number of nitrogens with zero attached hydrogens (tertiary/aromatic N) is 1. The standard InChI is InChI=1S/C22H25N3O4/c1-13-6-9-16(10-7-13)23-21(26)19-14(2)25(3)22(27)24-20(19)15-8-11-17(28-4)18(12-15)29-5/h6-12,20H,1-5H3,(H,23,26)(H,24,27). The molecule has 3 amide bonds. The number of urea groups is 1. The predicted molar refractivity (Wildman–Crippen MR) is 111 cm³/mol. The van der Waals surface area contributed by atoms with Gasteiger partial charge in [-0.05, 0) is 43.7 Å². The van der Waals surface area contributed by atoms with Crippen molar-refractivity contribution in [2.45, 2.75) is 19.9 Å². The van der Waals surface area contributed by atoms with Gasteiger partial charge in [0.15, 0.2) is 11.5 Å². The van der Waals surface area contributed by atoms with E-state index in [4.69, 9.17) is 9.47 Å². The molecule has 2 aromatic carbocycles. The summed E-state index contributed by atoms with van der Waals surface area (Å²) in [5.41, 5.74) is 3.55. The van der Waals surface area contributed by atoms with Crippen molar-refractivity contribution in [3.8, 4) is 11.5 Å². The number of nitrogens with one attached hydrogen (secondary N) is 2. The summed E-state index contributed by atoms with van der Waals surface area (Å²) in [7, 11) is 4.73. The Morgan fingerprint density at radius 1 is 1.03 bits per heavy atom. The molecule has 1 aliphatic rings. The fourth-order valence-corrected chi connectivity index (χ4v) is 3.25. The number of hydrogen-bond acceptors (Lipinski definition) is 4. The van der Waals surface area contributed by atoms with Gasteiger partial charge in [-0.1, -0.05) is 23.8 Å². The smallest absolute Gasteiger partial charge is 0.322 e. The van der Waals surface area contributed by atoms with Crippen molar-refractivity contribution in [2.24, 2.45) is 0 Å². The number of hydrogen-bond donors (Lipinski definition) is 2.